The molecule has 0 spiro atoms. The van der Waals surface area contributed by atoms with Gasteiger partial charge in [0.2, 0.25) is 0 Å². The molecule has 1 N–H and O–H groups in total. The molecule has 0 unspecified atom stereocenters. The van der Waals surface area contributed by atoms with Crippen LogP contribution in [-0.4, -0.2) is 35.3 Å². The van der Waals surface area contributed by atoms with E-state index in [-0.39, 0.29) is 11.7 Å². The number of unbranched alkanes of at least 4 members (excludes halogenated alkanes) is 2. The van der Waals surface area contributed by atoms with Crippen molar-refractivity contribution in [2.24, 2.45) is 0 Å². The number of alkyl halides is 1. The number of ketones is 2. The molecule has 2 aliphatic heterocycles. The highest BCUT2D eigenvalue weighted by atomic mass is 79.9. The van der Waals surface area contributed by atoms with Gasteiger partial charge in [0.25, 0.3) is 23.4 Å². The normalized spacial score (nSPS) is 14.4. The van der Waals surface area contributed by atoms with E-state index in [2.05, 4.69) is 48.9 Å². The number of halogens is 1. The van der Waals surface area contributed by atoms with E-state index in [0.29, 0.717) is 35.2 Å². The first-order valence-corrected chi connectivity index (χ1v) is 12.8. The molecule has 0 aromatic heterocycles. The molecule has 0 saturated carbocycles. The molecular formula is C27H31BrN2O4. The molecule has 0 atom stereocenters. The van der Waals surface area contributed by atoms with Crippen molar-refractivity contribution in [3.05, 3.63) is 58.7 Å². The Bertz CT molecular complexity index is 1120. The van der Waals surface area contributed by atoms with E-state index in [0.717, 1.165) is 41.4 Å². The van der Waals surface area contributed by atoms with Gasteiger partial charge in [-0.3, -0.25) is 19.2 Å². The van der Waals surface area contributed by atoms with Crippen LogP contribution in [0.5, 0.6) is 0 Å². The van der Waals surface area contributed by atoms with E-state index in [1.165, 1.54) is 0 Å². The second-order valence-electron chi connectivity index (χ2n) is 9.21. The monoisotopic (exact) mass is 526 g/mol. The number of nitrogens with zero attached hydrogens (tertiary/aromatic N) is 1. The van der Waals surface area contributed by atoms with Gasteiger partial charge in [0.15, 0.2) is 0 Å². The van der Waals surface area contributed by atoms with Crippen LogP contribution in [-0.2, 0) is 9.59 Å². The number of nitrogens with one attached hydrogen (secondary N) is 1. The summed E-state index contributed by atoms with van der Waals surface area (Å²) in [6, 6.07) is 11.3. The lowest BCUT2D eigenvalue weighted by molar-refractivity contribution is -0.114. The summed E-state index contributed by atoms with van der Waals surface area (Å²) in [6.45, 7) is 8.90. The zero-order valence-corrected chi connectivity index (χ0v) is 21.7. The Labute approximate surface area is 209 Å². The largest absolute Gasteiger partial charge is 0.318 e. The summed E-state index contributed by atoms with van der Waals surface area (Å²) in [7, 11) is 0. The standard InChI is InChI=1S/C16H20BrNO2.C11H11NO2/c1-11(2)12-6-7-14-13(10-12)15(19)16(20)18(14)9-5-3-4-8-17;1-6(2)7-3-4-9-8(5-7)10(13)11(14)12-9/h6-7,10-11H,3-5,8-9H2,1-2H3;3-6H,1-2H3,(H,12,13,14). The minimum atomic E-state index is -0.527. The molecule has 0 radical (unpaired) electrons. The quantitative estimate of drug-likeness (QED) is 0.278. The molecule has 2 aromatic carbocycles. The topological polar surface area (TPSA) is 83.5 Å². The van der Waals surface area contributed by atoms with E-state index in [1.54, 1.807) is 17.0 Å². The molecule has 0 bridgehead atoms. The first-order valence-electron chi connectivity index (χ1n) is 11.7. The predicted molar refractivity (Wildman–Crippen MR) is 138 cm³/mol. The smallest absolute Gasteiger partial charge is 0.299 e. The molecule has 4 rings (SSSR count). The van der Waals surface area contributed by atoms with Crippen molar-refractivity contribution >= 4 is 50.7 Å². The fourth-order valence-corrected chi connectivity index (χ4v) is 4.36. The van der Waals surface area contributed by atoms with Crippen molar-refractivity contribution in [2.45, 2.75) is 58.8 Å². The highest BCUT2D eigenvalue weighted by molar-refractivity contribution is 9.09. The zero-order valence-electron chi connectivity index (χ0n) is 20.1. The van der Waals surface area contributed by atoms with Crippen molar-refractivity contribution in [3.8, 4) is 0 Å². The SMILES string of the molecule is CC(C)c1ccc2c(c1)C(=O)C(=O)N2.CC(C)c1ccc2c(c1)C(=O)C(=O)N2CCCCCBr. The van der Waals surface area contributed by atoms with Gasteiger partial charge in [-0.25, -0.2) is 0 Å². The number of benzene rings is 2. The number of Topliss-reactive ketones (excluding diaryl/α,β-unsaturated/α-hetero) is 2. The van der Waals surface area contributed by atoms with Gasteiger partial charge >= 0.3 is 0 Å². The Morgan fingerprint density at radius 2 is 1.41 bits per heavy atom. The average Bonchev–Trinajstić information content (AvgIpc) is 3.23. The number of amides is 2. The maximum Gasteiger partial charge on any atom is 0.299 e. The number of carbonyl (C=O) groups excluding carboxylic acids is 4. The summed E-state index contributed by atoms with van der Waals surface area (Å²) in [4.78, 5) is 48.2. The van der Waals surface area contributed by atoms with Gasteiger partial charge in [0.1, 0.15) is 0 Å². The molecule has 2 aliphatic rings. The Morgan fingerprint density at radius 1 is 0.794 bits per heavy atom. The van der Waals surface area contributed by atoms with Crippen molar-refractivity contribution in [3.63, 3.8) is 0 Å². The molecular weight excluding hydrogens is 496 g/mol. The Kier molecular flexibility index (Phi) is 8.42. The molecule has 180 valence electrons. The third-order valence-electron chi connectivity index (χ3n) is 6.09. The van der Waals surface area contributed by atoms with Crippen LogP contribution in [0.1, 0.15) is 90.6 Å². The lowest BCUT2D eigenvalue weighted by Gasteiger charge is -2.16. The van der Waals surface area contributed by atoms with Gasteiger partial charge in [-0.2, -0.15) is 0 Å². The Morgan fingerprint density at radius 3 is 2.03 bits per heavy atom. The number of fused-ring (bicyclic) bond motifs is 2. The van der Waals surface area contributed by atoms with Crippen LogP contribution in [0.2, 0.25) is 0 Å². The summed E-state index contributed by atoms with van der Waals surface area (Å²) in [5.74, 6) is -0.967. The molecule has 0 aliphatic carbocycles. The van der Waals surface area contributed by atoms with E-state index in [1.807, 2.05) is 24.3 Å². The lowest BCUT2D eigenvalue weighted by atomic mass is 9.99. The van der Waals surface area contributed by atoms with Gasteiger partial charge < -0.3 is 10.2 Å². The van der Waals surface area contributed by atoms with Crippen molar-refractivity contribution < 1.29 is 19.2 Å². The van der Waals surface area contributed by atoms with Crippen LogP contribution in [0, 0.1) is 0 Å². The average molecular weight is 527 g/mol. The first-order chi connectivity index (χ1) is 16.1. The van der Waals surface area contributed by atoms with Crippen molar-refractivity contribution in [2.75, 3.05) is 22.1 Å². The second kappa shape index (κ2) is 11.1. The fourth-order valence-electron chi connectivity index (χ4n) is 3.96. The molecule has 6 nitrogen and oxygen atoms in total. The van der Waals surface area contributed by atoms with Crippen LogP contribution in [0.3, 0.4) is 0 Å². The van der Waals surface area contributed by atoms with Gasteiger partial charge in [-0.1, -0.05) is 62.2 Å². The number of hydrogen-bond acceptors (Lipinski definition) is 4. The van der Waals surface area contributed by atoms with Gasteiger partial charge in [0.05, 0.1) is 22.5 Å². The predicted octanol–water partition coefficient (Wildman–Crippen LogP) is 5.85. The maximum absolute atomic E-state index is 12.1. The minimum Gasteiger partial charge on any atom is -0.318 e. The van der Waals surface area contributed by atoms with Crippen molar-refractivity contribution in [1.29, 1.82) is 0 Å². The van der Waals surface area contributed by atoms with E-state index >= 15 is 0 Å². The molecule has 7 heteroatoms. The highest BCUT2D eigenvalue weighted by Gasteiger charge is 2.35. The number of carbonyl (C=O) groups is 4. The van der Waals surface area contributed by atoms with Gasteiger partial charge in [-0.05, 0) is 60.1 Å². The van der Waals surface area contributed by atoms with Crippen molar-refractivity contribution in [1.82, 2.24) is 0 Å². The fraction of sp³-hybridized carbons (Fsp3) is 0.407. The Hall–Kier alpha value is -2.80. The van der Waals surface area contributed by atoms with E-state index in [4.69, 9.17) is 0 Å². The Balaban J connectivity index is 0.000000202. The summed E-state index contributed by atoms with van der Waals surface area (Å²) in [5, 5.41) is 3.51. The molecule has 0 saturated heterocycles. The third kappa shape index (κ3) is 5.46. The molecule has 0 fully saturated rings. The lowest BCUT2D eigenvalue weighted by Crippen LogP contribution is -2.30. The van der Waals surface area contributed by atoms with E-state index in [9.17, 15) is 19.2 Å². The zero-order chi connectivity index (χ0) is 25.0. The molecule has 2 aromatic rings. The summed E-state index contributed by atoms with van der Waals surface area (Å²) >= 11 is 3.40. The number of hydrogen-bond donors (Lipinski definition) is 1. The third-order valence-corrected chi connectivity index (χ3v) is 6.65. The minimum absolute atomic E-state index is 0.358. The van der Waals surface area contributed by atoms with Crippen LogP contribution < -0.4 is 10.2 Å². The summed E-state index contributed by atoms with van der Waals surface area (Å²) in [5.41, 5.74) is 4.66. The summed E-state index contributed by atoms with van der Waals surface area (Å²) < 4.78 is 0. The number of anilines is 2. The molecule has 2 amide bonds. The highest BCUT2D eigenvalue weighted by Crippen LogP contribution is 2.32. The number of rotatable bonds is 7. The maximum atomic E-state index is 12.1. The molecule has 2 heterocycles. The van der Waals surface area contributed by atoms with Gasteiger partial charge in [0, 0.05) is 11.9 Å². The molecule has 34 heavy (non-hydrogen) atoms. The van der Waals surface area contributed by atoms with Gasteiger partial charge in [-0.15, -0.1) is 0 Å². The summed E-state index contributed by atoms with van der Waals surface area (Å²) in [6.07, 6.45) is 3.08. The van der Waals surface area contributed by atoms with Crippen LogP contribution >= 0.6 is 15.9 Å². The second-order valence-corrected chi connectivity index (χ2v) is 10.0. The van der Waals surface area contributed by atoms with Crippen LogP contribution in [0.15, 0.2) is 36.4 Å². The van der Waals surface area contributed by atoms with E-state index < -0.39 is 11.7 Å². The first kappa shape index (κ1) is 25.8. The van der Waals surface area contributed by atoms with Crippen LogP contribution in [0.4, 0.5) is 11.4 Å². The van der Waals surface area contributed by atoms with Crippen LogP contribution in [0.25, 0.3) is 0 Å².